The van der Waals surface area contributed by atoms with Gasteiger partial charge in [-0.15, -0.1) is 10.2 Å². The van der Waals surface area contributed by atoms with E-state index in [0.29, 0.717) is 18.2 Å². The highest BCUT2D eigenvalue weighted by Gasteiger charge is 2.12. The van der Waals surface area contributed by atoms with Crippen LogP contribution < -0.4 is 10.1 Å². The van der Waals surface area contributed by atoms with Gasteiger partial charge >= 0.3 is 0 Å². The van der Waals surface area contributed by atoms with Crippen LogP contribution in [0.25, 0.3) is 22.6 Å². The summed E-state index contributed by atoms with van der Waals surface area (Å²) >= 11 is 0. The lowest BCUT2D eigenvalue weighted by atomic mass is 10.2. The van der Waals surface area contributed by atoms with Gasteiger partial charge in [-0.05, 0) is 35.0 Å². The summed E-state index contributed by atoms with van der Waals surface area (Å²) in [6.07, 6.45) is 0. The van der Waals surface area contributed by atoms with Crippen molar-refractivity contribution in [2.45, 2.75) is 6.54 Å². The molecular formula is C17H15N7O. The molecule has 25 heavy (non-hydrogen) atoms. The maximum Gasteiger partial charge on any atom is 0.241 e. The molecule has 0 spiro atoms. The number of fused-ring (bicyclic) bond motifs is 1. The van der Waals surface area contributed by atoms with Crippen molar-refractivity contribution < 1.29 is 4.74 Å². The molecule has 0 aliphatic heterocycles. The van der Waals surface area contributed by atoms with Gasteiger partial charge in [0.1, 0.15) is 11.6 Å². The van der Waals surface area contributed by atoms with Gasteiger partial charge in [-0.3, -0.25) is 0 Å². The Bertz CT molecular complexity index is 984. The summed E-state index contributed by atoms with van der Waals surface area (Å²) in [5.74, 6) is 2.33. The summed E-state index contributed by atoms with van der Waals surface area (Å²) in [5, 5.41) is 18.2. The Kier molecular flexibility index (Phi) is 3.91. The topological polar surface area (TPSA) is 102 Å². The van der Waals surface area contributed by atoms with Gasteiger partial charge in [0.15, 0.2) is 0 Å². The number of ether oxygens (including phenoxy) is 1. The summed E-state index contributed by atoms with van der Waals surface area (Å²) in [7, 11) is 1.65. The van der Waals surface area contributed by atoms with Crippen molar-refractivity contribution in [3.05, 3.63) is 54.1 Å². The Morgan fingerprint density at radius 1 is 1.00 bits per heavy atom. The molecule has 2 aromatic carbocycles. The fourth-order valence-electron chi connectivity index (χ4n) is 2.50. The minimum Gasteiger partial charge on any atom is -0.497 e. The number of tetrazole rings is 1. The number of nitrogens with one attached hydrogen (secondary N) is 2. The van der Waals surface area contributed by atoms with Gasteiger partial charge in [-0.2, -0.15) is 5.21 Å². The third-order valence-electron chi connectivity index (χ3n) is 3.77. The minimum atomic E-state index is 0.359. The van der Waals surface area contributed by atoms with E-state index in [1.54, 1.807) is 7.11 Å². The highest BCUT2D eigenvalue weighted by atomic mass is 16.5. The van der Waals surface area contributed by atoms with E-state index in [0.717, 1.165) is 28.0 Å². The van der Waals surface area contributed by atoms with Crippen molar-refractivity contribution in [2.75, 3.05) is 12.4 Å². The van der Waals surface area contributed by atoms with Crippen LogP contribution in [-0.2, 0) is 6.54 Å². The van der Waals surface area contributed by atoms with E-state index in [9.17, 15) is 0 Å². The van der Waals surface area contributed by atoms with Crippen LogP contribution in [0.1, 0.15) is 5.56 Å². The second-order valence-corrected chi connectivity index (χ2v) is 5.35. The first kappa shape index (κ1) is 15.0. The first-order valence-corrected chi connectivity index (χ1v) is 7.71. The Morgan fingerprint density at radius 2 is 1.84 bits per heavy atom. The van der Waals surface area contributed by atoms with Crippen molar-refractivity contribution in [1.29, 1.82) is 0 Å². The number of aromatic amines is 1. The molecule has 4 aromatic rings. The van der Waals surface area contributed by atoms with Crippen LogP contribution in [0.2, 0.25) is 0 Å². The molecule has 0 aliphatic rings. The van der Waals surface area contributed by atoms with Crippen molar-refractivity contribution in [3.8, 4) is 17.4 Å². The number of rotatable bonds is 5. The maximum absolute atomic E-state index is 5.18. The largest absolute Gasteiger partial charge is 0.497 e. The molecule has 0 saturated carbocycles. The third-order valence-corrected chi connectivity index (χ3v) is 3.77. The highest BCUT2D eigenvalue weighted by molar-refractivity contribution is 5.90. The lowest BCUT2D eigenvalue weighted by molar-refractivity contribution is 0.414. The number of hydrogen-bond acceptors (Lipinski definition) is 7. The molecule has 0 saturated heterocycles. The molecule has 2 aromatic heterocycles. The summed E-state index contributed by atoms with van der Waals surface area (Å²) < 4.78 is 5.18. The fraction of sp³-hybridized carbons (Fsp3) is 0.118. The molecule has 8 heteroatoms. The van der Waals surface area contributed by atoms with Crippen LogP contribution in [0, 0.1) is 0 Å². The average Bonchev–Trinajstić information content (AvgIpc) is 3.21. The number of nitrogens with zero attached hydrogens (tertiary/aromatic N) is 5. The number of hydrogen-bond donors (Lipinski definition) is 2. The molecule has 8 nitrogen and oxygen atoms in total. The molecule has 0 amide bonds. The Balaban J connectivity index is 1.67. The van der Waals surface area contributed by atoms with Gasteiger partial charge in [0.2, 0.25) is 11.6 Å². The van der Waals surface area contributed by atoms with Crippen LogP contribution in [-0.4, -0.2) is 37.7 Å². The second kappa shape index (κ2) is 6.52. The first-order chi connectivity index (χ1) is 12.3. The van der Waals surface area contributed by atoms with Crippen molar-refractivity contribution >= 4 is 16.7 Å². The molecule has 2 N–H and O–H groups in total. The van der Waals surface area contributed by atoms with E-state index in [2.05, 4.69) is 35.9 Å². The van der Waals surface area contributed by atoms with E-state index in [4.69, 9.17) is 4.74 Å². The number of aromatic nitrogens is 6. The van der Waals surface area contributed by atoms with Crippen LogP contribution >= 0.6 is 0 Å². The van der Waals surface area contributed by atoms with Crippen LogP contribution in [0.4, 0.5) is 5.82 Å². The van der Waals surface area contributed by atoms with Crippen LogP contribution in [0.3, 0.4) is 0 Å². The molecule has 4 rings (SSSR count). The monoisotopic (exact) mass is 333 g/mol. The number of anilines is 1. The van der Waals surface area contributed by atoms with E-state index < -0.39 is 0 Å². The molecule has 2 heterocycles. The number of benzene rings is 2. The minimum absolute atomic E-state index is 0.359. The maximum atomic E-state index is 5.18. The summed E-state index contributed by atoms with van der Waals surface area (Å²) in [6, 6.07) is 15.7. The zero-order valence-electron chi connectivity index (χ0n) is 13.5. The normalized spacial score (nSPS) is 10.8. The smallest absolute Gasteiger partial charge is 0.241 e. The van der Waals surface area contributed by atoms with E-state index in [-0.39, 0.29) is 0 Å². The van der Waals surface area contributed by atoms with Gasteiger partial charge in [-0.25, -0.2) is 9.97 Å². The number of para-hydroxylation sites is 1. The molecule has 124 valence electrons. The Hall–Kier alpha value is -3.55. The molecular weight excluding hydrogens is 318 g/mol. The highest BCUT2D eigenvalue weighted by Crippen LogP contribution is 2.23. The first-order valence-electron chi connectivity index (χ1n) is 7.71. The third kappa shape index (κ3) is 3.09. The summed E-state index contributed by atoms with van der Waals surface area (Å²) in [5.41, 5.74) is 1.93. The van der Waals surface area contributed by atoms with Crippen LogP contribution in [0.5, 0.6) is 5.75 Å². The Labute approximate surface area is 143 Å². The zero-order valence-corrected chi connectivity index (χ0v) is 13.5. The molecule has 0 fully saturated rings. The molecule has 0 bridgehead atoms. The van der Waals surface area contributed by atoms with Crippen LogP contribution in [0.15, 0.2) is 48.5 Å². The molecule has 0 aliphatic carbocycles. The van der Waals surface area contributed by atoms with Crippen molar-refractivity contribution in [1.82, 2.24) is 30.6 Å². The fourth-order valence-corrected chi connectivity index (χ4v) is 2.50. The zero-order chi connectivity index (χ0) is 17.1. The SMILES string of the molecule is COc1ccc(CNc2nc(-c3nn[nH]n3)nc3ccccc23)cc1. The summed E-state index contributed by atoms with van der Waals surface area (Å²) in [6.45, 7) is 0.622. The van der Waals surface area contributed by atoms with Gasteiger partial charge in [0.05, 0.1) is 12.6 Å². The average molecular weight is 333 g/mol. The van der Waals surface area contributed by atoms with E-state index >= 15 is 0 Å². The Morgan fingerprint density at radius 3 is 2.60 bits per heavy atom. The van der Waals surface area contributed by atoms with Crippen molar-refractivity contribution in [2.24, 2.45) is 0 Å². The van der Waals surface area contributed by atoms with Crippen molar-refractivity contribution in [3.63, 3.8) is 0 Å². The van der Waals surface area contributed by atoms with E-state index in [1.165, 1.54) is 0 Å². The molecule has 0 unspecified atom stereocenters. The quantitative estimate of drug-likeness (QED) is 0.578. The lowest BCUT2D eigenvalue weighted by Crippen LogP contribution is -2.04. The predicted octanol–water partition coefficient (Wildman–Crippen LogP) is 2.43. The van der Waals surface area contributed by atoms with Gasteiger partial charge < -0.3 is 10.1 Å². The van der Waals surface area contributed by atoms with Gasteiger partial charge in [-0.1, -0.05) is 24.3 Å². The second-order valence-electron chi connectivity index (χ2n) is 5.35. The standard InChI is InChI=1S/C17H15N7O/c1-25-12-8-6-11(7-9-12)10-18-15-13-4-2-3-5-14(13)19-16(20-15)17-21-23-24-22-17/h2-9H,10H2,1H3,(H,18,19,20)(H,21,22,23,24). The molecule has 0 atom stereocenters. The molecule has 0 radical (unpaired) electrons. The lowest BCUT2D eigenvalue weighted by Gasteiger charge is -2.10. The number of H-pyrrole nitrogens is 1. The van der Waals surface area contributed by atoms with E-state index in [1.807, 2.05) is 48.5 Å². The van der Waals surface area contributed by atoms with Gasteiger partial charge in [0, 0.05) is 11.9 Å². The van der Waals surface area contributed by atoms with Gasteiger partial charge in [0.25, 0.3) is 0 Å². The summed E-state index contributed by atoms with van der Waals surface area (Å²) in [4.78, 5) is 9.06. The number of methoxy groups -OCH3 is 1. The predicted molar refractivity (Wildman–Crippen MR) is 93.0 cm³/mol.